The molecular weight excluding hydrogens is 280 g/mol. The number of hydrogen-bond acceptors (Lipinski definition) is 4. The molecule has 0 amide bonds. The van der Waals surface area contributed by atoms with Crippen LogP contribution in [0.5, 0.6) is 0 Å². The number of carboxylic acid groups (broad SMARTS) is 1. The van der Waals surface area contributed by atoms with Gasteiger partial charge in [0.15, 0.2) is 0 Å². The van der Waals surface area contributed by atoms with Crippen LogP contribution in [0.15, 0.2) is 59.4 Å². The zero-order valence-corrected chi connectivity index (χ0v) is 11.7. The van der Waals surface area contributed by atoms with E-state index in [-0.39, 0.29) is 18.5 Å². The number of nitrogens with zero attached hydrogens (tertiary/aromatic N) is 2. The first kappa shape index (κ1) is 14.0. The van der Waals surface area contributed by atoms with E-state index >= 15 is 0 Å². The van der Waals surface area contributed by atoms with Gasteiger partial charge in [-0.05, 0) is 6.07 Å². The molecule has 1 heterocycles. The second-order valence-corrected chi connectivity index (χ2v) is 4.91. The van der Waals surface area contributed by atoms with Crippen LogP contribution in [0.1, 0.15) is 6.42 Å². The van der Waals surface area contributed by atoms with E-state index in [1.165, 1.54) is 4.68 Å². The third-order valence-electron chi connectivity index (χ3n) is 3.44. The van der Waals surface area contributed by atoms with E-state index in [2.05, 4.69) is 5.10 Å². The molecule has 0 atom stereocenters. The Morgan fingerprint density at radius 1 is 1.00 bits per heavy atom. The quantitative estimate of drug-likeness (QED) is 0.724. The standard InChI is InChI=1S/C17H14N2O3/c20-15(21)10-11-19-17(22)14-9-5-4-8-13(14)16(18-19)12-6-2-1-3-7-12/h1-9H,10-11H2,(H,20,21)/p-1. The molecule has 0 aliphatic heterocycles. The number of aryl methyl sites for hydroxylation is 1. The zero-order valence-electron chi connectivity index (χ0n) is 11.7. The minimum atomic E-state index is -1.21. The van der Waals surface area contributed by atoms with E-state index in [4.69, 9.17) is 0 Å². The molecule has 110 valence electrons. The summed E-state index contributed by atoms with van der Waals surface area (Å²) in [6, 6.07) is 16.7. The summed E-state index contributed by atoms with van der Waals surface area (Å²) >= 11 is 0. The third-order valence-corrected chi connectivity index (χ3v) is 3.44. The minimum Gasteiger partial charge on any atom is -0.550 e. The van der Waals surface area contributed by atoms with Crippen molar-refractivity contribution in [1.82, 2.24) is 9.78 Å². The van der Waals surface area contributed by atoms with Crippen LogP contribution in [-0.4, -0.2) is 15.7 Å². The molecule has 0 fully saturated rings. The molecule has 0 spiro atoms. The number of benzene rings is 2. The van der Waals surface area contributed by atoms with Gasteiger partial charge in [-0.25, -0.2) is 4.68 Å². The summed E-state index contributed by atoms with van der Waals surface area (Å²) in [6.45, 7) is -0.00810. The van der Waals surface area contributed by atoms with Gasteiger partial charge in [0.2, 0.25) is 0 Å². The number of aromatic nitrogens is 2. The van der Waals surface area contributed by atoms with Gasteiger partial charge in [0.1, 0.15) is 0 Å². The highest BCUT2D eigenvalue weighted by molar-refractivity contribution is 5.93. The number of carboxylic acids is 1. The van der Waals surface area contributed by atoms with Crippen molar-refractivity contribution in [2.45, 2.75) is 13.0 Å². The minimum absolute atomic E-state index is 0.00810. The molecule has 0 saturated carbocycles. The summed E-state index contributed by atoms with van der Waals surface area (Å²) in [7, 11) is 0. The van der Waals surface area contributed by atoms with E-state index in [0.717, 1.165) is 10.9 Å². The van der Waals surface area contributed by atoms with E-state index in [1.807, 2.05) is 42.5 Å². The smallest absolute Gasteiger partial charge is 0.274 e. The molecule has 22 heavy (non-hydrogen) atoms. The van der Waals surface area contributed by atoms with Crippen LogP contribution in [0, 0.1) is 0 Å². The predicted molar refractivity (Wildman–Crippen MR) is 81.1 cm³/mol. The number of fused-ring (bicyclic) bond motifs is 1. The molecule has 0 N–H and O–H groups in total. The first-order valence-corrected chi connectivity index (χ1v) is 6.92. The van der Waals surface area contributed by atoms with Crippen molar-refractivity contribution in [3.05, 3.63) is 65.0 Å². The molecule has 3 rings (SSSR count). The van der Waals surface area contributed by atoms with Gasteiger partial charge in [0.25, 0.3) is 5.56 Å². The van der Waals surface area contributed by atoms with Crippen LogP contribution in [0.3, 0.4) is 0 Å². The molecule has 0 radical (unpaired) electrons. The fraction of sp³-hybridized carbons (Fsp3) is 0.118. The maximum Gasteiger partial charge on any atom is 0.274 e. The molecule has 0 saturated heterocycles. The zero-order chi connectivity index (χ0) is 15.5. The van der Waals surface area contributed by atoms with Crippen LogP contribution in [0.4, 0.5) is 0 Å². The molecule has 1 aromatic heterocycles. The Labute approximate surface area is 126 Å². The summed E-state index contributed by atoms with van der Waals surface area (Å²) < 4.78 is 1.19. The SMILES string of the molecule is O=C([O-])CCn1nc(-c2ccccc2)c2ccccc2c1=O. The second kappa shape index (κ2) is 5.81. The number of aliphatic carboxylic acids is 1. The third kappa shape index (κ3) is 2.61. The number of carbonyl (C=O) groups excluding carboxylic acids is 1. The van der Waals surface area contributed by atoms with Gasteiger partial charge < -0.3 is 9.90 Å². The molecule has 0 unspecified atom stereocenters. The average Bonchev–Trinajstić information content (AvgIpc) is 2.55. The van der Waals surface area contributed by atoms with Crippen molar-refractivity contribution >= 4 is 16.7 Å². The fourth-order valence-electron chi connectivity index (χ4n) is 2.39. The lowest BCUT2D eigenvalue weighted by atomic mass is 10.1. The second-order valence-electron chi connectivity index (χ2n) is 4.91. The first-order valence-electron chi connectivity index (χ1n) is 6.92. The lowest BCUT2D eigenvalue weighted by molar-refractivity contribution is -0.306. The van der Waals surface area contributed by atoms with Gasteiger partial charge in [0.05, 0.1) is 17.6 Å². The van der Waals surface area contributed by atoms with E-state index in [9.17, 15) is 14.7 Å². The summed E-state index contributed by atoms with van der Waals surface area (Å²) in [5.41, 5.74) is 1.24. The maximum absolute atomic E-state index is 12.4. The lowest BCUT2D eigenvalue weighted by Crippen LogP contribution is -2.29. The van der Waals surface area contributed by atoms with Crippen LogP contribution < -0.4 is 10.7 Å². The van der Waals surface area contributed by atoms with Crippen molar-refractivity contribution < 1.29 is 9.90 Å². The topological polar surface area (TPSA) is 75.0 Å². The van der Waals surface area contributed by atoms with Crippen molar-refractivity contribution in [2.75, 3.05) is 0 Å². The van der Waals surface area contributed by atoms with Gasteiger partial charge >= 0.3 is 0 Å². The molecule has 5 nitrogen and oxygen atoms in total. The van der Waals surface area contributed by atoms with E-state index < -0.39 is 5.97 Å². The molecule has 3 aromatic rings. The van der Waals surface area contributed by atoms with Gasteiger partial charge in [-0.2, -0.15) is 5.10 Å². The Hall–Kier alpha value is -2.95. The summed E-state index contributed by atoms with van der Waals surface area (Å²) in [4.78, 5) is 23.1. The van der Waals surface area contributed by atoms with Crippen LogP contribution in [0.2, 0.25) is 0 Å². The Balaban J connectivity index is 2.24. The number of hydrogen-bond donors (Lipinski definition) is 0. The Morgan fingerprint density at radius 2 is 1.64 bits per heavy atom. The highest BCUT2D eigenvalue weighted by Gasteiger charge is 2.11. The molecule has 0 aliphatic carbocycles. The summed E-state index contributed by atoms with van der Waals surface area (Å²) in [5, 5.41) is 16.3. The van der Waals surface area contributed by atoms with Gasteiger partial charge in [-0.15, -0.1) is 0 Å². The van der Waals surface area contributed by atoms with Crippen molar-refractivity contribution in [1.29, 1.82) is 0 Å². The van der Waals surface area contributed by atoms with Crippen molar-refractivity contribution in [3.8, 4) is 11.3 Å². The maximum atomic E-state index is 12.4. The lowest BCUT2D eigenvalue weighted by Gasteiger charge is -2.11. The number of rotatable bonds is 4. The van der Waals surface area contributed by atoms with Crippen LogP contribution >= 0.6 is 0 Å². The van der Waals surface area contributed by atoms with E-state index in [1.54, 1.807) is 12.1 Å². The van der Waals surface area contributed by atoms with Gasteiger partial charge in [0, 0.05) is 23.3 Å². The van der Waals surface area contributed by atoms with Gasteiger partial charge in [-0.1, -0.05) is 48.5 Å². The Kier molecular flexibility index (Phi) is 3.70. The molecule has 0 bridgehead atoms. The van der Waals surface area contributed by atoms with Crippen molar-refractivity contribution in [2.24, 2.45) is 0 Å². The Morgan fingerprint density at radius 3 is 2.32 bits per heavy atom. The largest absolute Gasteiger partial charge is 0.550 e. The summed E-state index contributed by atoms with van der Waals surface area (Å²) in [5.74, 6) is -1.21. The molecular formula is C17H13N2O3-. The summed E-state index contributed by atoms with van der Waals surface area (Å²) in [6.07, 6.45) is -0.251. The monoisotopic (exact) mass is 293 g/mol. The highest BCUT2D eigenvalue weighted by atomic mass is 16.4. The molecule has 0 aliphatic rings. The first-order chi connectivity index (χ1) is 10.7. The van der Waals surface area contributed by atoms with Gasteiger partial charge in [-0.3, -0.25) is 4.79 Å². The highest BCUT2D eigenvalue weighted by Crippen LogP contribution is 2.24. The fourth-order valence-corrected chi connectivity index (χ4v) is 2.39. The normalized spacial score (nSPS) is 10.7. The Bertz CT molecular complexity index is 885. The molecule has 5 heteroatoms. The average molecular weight is 293 g/mol. The predicted octanol–water partition coefficient (Wildman–Crippen LogP) is 1.20. The molecule has 2 aromatic carbocycles. The van der Waals surface area contributed by atoms with E-state index in [0.29, 0.717) is 11.1 Å². The van der Waals surface area contributed by atoms with Crippen LogP contribution in [0.25, 0.3) is 22.0 Å². The van der Waals surface area contributed by atoms with Crippen molar-refractivity contribution in [3.63, 3.8) is 0 Å². The van der Waals surface area contributed by atoms with Crippen LogP contribution in [-0.2, 0) is 11.3 Å². The number of carbonyl (C=O) groups is 1.